The minimum absolute atomic E-state index is 0.0894. The van der Waals surface area contributed by atoms with E-state index < -0.39 is 29.7 Å². The molecule has 0 saturated carbocycles. The van der Waals surface area contributed by atoms with Crippen molar-refractivity contribution < 1.29 is 23.1 Å². The molecule has 4 aromatic carbocycles. The fourth-order valence-corrected chi connectivity index (χ4v) is 4.65. The molecule has 0 saturated heterocycles. The number of anilines is 1. The van der Waals surface area contributed by atoms with Gasteiger partial charge in [-0.1, -0.05) is 78.9 Å². The van der Waals surface area contributed by atoms with Crippen molar-refractivity contribution in [3.8, 4) is 11.1 Å². The van der Waals surface area contributed by atoms with E-state index in [9.17, 15) is 18.4 Å². The smallest absolute Gasteiger partial charge is 0.407 e. The van der Waals surface area contributed by atoms with Gasteiger partial charge in [0.2, 0.25) is 5.91 Å². The van der Waals surface area contributed by atoms with Crippen molar-refractivity contribution in [3.63, 3.8) is 0 Å². The molecule has 2 amide bonds. The van der Waals surface area contributed by atoms with Crippen LogP contribution in [0.2, 0.25) is 0 Å². The summed E-state index contributed by atoms with van der Waals surface area (Å²) in [7, 11) is 0. The molecule has 186 valence electrons. The molecule has 0 spiro atoms. The molecule has 4 aromatic rings. The van der Waals surface area contributed by atoms with Gasteiger partial charge in [0.05, 0.1) is 5.69 Å². The molecule has 0 fully saturated rings. The lowest BCUT2D eigenvalue weighted by atomic mass is 9.98. The number of halogens is 2. The minimum Gasteiger partial charge on any atom is -0.449 e. The van der Waals surface area contributed by atoms with Crippen LogP contribution < -0.4 is 10.6 Å². The van der Waals surface area contributed by atoms with Crippen molar-refractivity contribution in [1.29, 1.82) is 0 Å². The molecule has 5 rings (SSSR count). The third kappa shape index (κ3) is 5.35. The first-order chi connectivity index (χ1) is 18.0. The van der Waals surface area contributed by atoms with Gasteiger partial charge in [-0.25, -0.2) is 13.6 Å². The van der Waals surface area contributed by atoms with Crippen LogP contribution in [0, 0.1) is 11.6 Å². The van der Waals surface area contributed by atoms with Gasteiger partial charge in [-0.2, -0.15) is 0 Å². The van der Waals surface area contributed by atoms with E-state index in [1.807, 2.05) is 78.9 Å². The van der Waals surface area contributed by atoms with Gasteiger partial charge in [-0.15, -0.1) is 0 Å². The summed E-state index contributed by atoms with van der Waals surface area (Å²) in [5.41, 5.74) is 4.97. The second-order valence-corrected chi connectivity index (χ2v) is 8.83. The number of benzene rings is 4. The molecule has 0 bridgehead atoms. The molecule has 37 heavy (non-hydrogen) atoms. The fourth-order valence-electron chi connectivity index (χ4n) is 4.65. The molecule has 0 aromatic heterocycles. The van der Waals surface area contributed by atoms with Crippen molar-refractivity contribution >= 4 is 17.7 Å². The van der Waals surface area contributed by atoms with Crippen LogP contribution in [0.1, 0.15) is 22.6 Å². The third-order valence-corrected chi connectivity index (χ3v) is 6.42. The Hall–Kier alpha value is -4.52. The highest BCUT2D eigenvalue weighted by atomic mass is 19.1. The number of amides is 2. The highest BCUT2D eigenvalue weighted by molar-refractivity contribution is 5.96. The zero-order valence-corrected chi connectivity index (χ0v) is 19.8. The minimum atomic E-state index is -1.05. The summed E-state index contributed by atoms with van der Waals surface area (Å²) in [6.45, 7) is 0.0894. The number of carbonyl (C=O) groups excluding carboxylic acids is 2. The van der Waals surface area contributed by atoms with Gasteiger partial charge < -0.3 is 15.4 Å². The number of alkyl carbamates (subject to hydrolysis) is 1. The van der Waals surface area contributed by atoms with Gasteiger partial charge in [-0.3, -0.25) is 4.79 Å². The maximum absolute atomic E-state index is 14.1. The van der Waals surface area contributed by atoms with E-state index in [4.69, 9.17) is 4.74 Å². The number of hydrogen-bond donors (Lipinski definition) is 2. The van der Waals surface area contributed by atoms with E-state index >= 15 is 0 Å². The fraction of sp³-hybridized carbons (Fsp3) is 0.133. The number of rotatable bonds is 7. The molecule has 1 atom stereocenters. The van der Waals surface area contributed by atoms with Gasteiger partial charge in [0.15, 0.2) is 0 Å². The van der Waals surface area contributed by atoms with E-state index in [-0.39, 0.29) is 24.6 Å². The van der Waals surface area contributed by atoms with E-state index in [2.05, 4.69) is 10.6 Å². The molecule has 0 heterocycles. The van der Waals surface area contributed by atoms with E-state index in [1.165, 1.54) is 0 Å². The molecule has 1 unspecified atom stereocenters. The lowest BCUT2D eigenvalue weighted by molar-refractivity contribution is -0.118. The topological polar surface area (TPSA) is 67.4 Å². The average molecular weight is 499 g/mol. The number of fused-ring (bicyclic) bond motifs is 3. The summed E-state index contributed by atoms with van der Waals surface area (Å²) in [6, 6.07) is 26.9. The lowest BCUT2D eigenvalue weighted by Gasteiger charge is -2.20. The molecule has 1 aliphatic rings. The number of ether oxygens (including phenoxy) is 1. The summed E-state index contributed by atoms with van der Waals surface area (Å²) in [4.78, 5) is 25.9. The van der Waals surface area contributed by atoms with Crippen LogP contribution in [0.4, 0.5) is 19.3 Å². The normalized spacial score (nSPS) is 12.8. The van der Waals surface area contributed by atoms with Crippen molar-refractivity contribution in [2.75, 3.05) is 11.9 Å². The summed E-state index contributed by atoms with van der Waals surface area (Å²) >= 11 is 0. The predicted octanol–water partition coefficient (Wildman–Crippen LogP) is 6.05. The first-order valence-electron chi connectivity index (χ1n) is 11.9. The van der Waals surface area contributed by atoms with E-state index in [1.54, 1.807) is 0 Å². The maximum atomic E-state index is 14.1. The number of hydrogen-bond acceptors (Lipinski definition) is 3. The third-order valence-electron chi connectivity index (χ3n) is 6.42. The molecule has 1 aliphatic carbocycles. The molecule has 0 aliphatic heterocycles. The molecular formula is C30H24F2N2O3. The Bertz CT molecular complexity index is 1400. The average Bonchev–Trinajstić information content (AvgIpc) is 3.23. The van der Waals surface area contributed by atoms with Gasteiger partial charge in [0, 0.05) is 18.4 Å². The van der Waals surface area contributed by atoms with Crippen LogP contribution in [0.5, 0.6) is 0 Å². The zero-order valence-electron chi connectivity index (χ0n) is 19.8. The van der Waals surface area contributed by atoms with Crippen molar-refractivity contribution in [3.05, 3.63) is 125 Å². The lowest BCUT2D eigenvalue weighted by Crippen LogP contribution is -2.45. The second-order valence-electron chi connectivity index (χ2n) is 8.83. The predicted molar refractivity (Wildman–Crippen MR) is 137 cm³/mol. The summed E-state index contributed by atoms with van der Waals surface area (Å²) in [6.07, 6.45) is -0.614. The van der Waals surface area contributed by atoms with Crippen LogP contribution in [0.25, 0.3) is 11.1 Å². The number of nitrogens with one attached hydrogen (secondary N) is 2. The first kappa shape index (κ1) is 24.2. The Kier molecular flexibility index (Phi) is 6.94. The van der Waals surface area contributed by atoms with Gasteiger partial charge in [-0.05, 0) is 39.9 Å². The van der Waals surface area contributed by atoms with Gasteiger partial charge in [0.25, 0.3) is 0 Å². The van der Waals surface area contributed by atoms with Crippen LogP contribution in [0.3, 0.4) is 0 Å². The Labute approximate surface area is 213 Å². The molecule has 7 heteroatoms. The van der Waals surface area contributed by atoms with Crippen molar-refractivity contribution in [1.82, 2.24) is 5.32 Å². The number of carbonyl (C=O) groups is 2. The largest absolute Gasteiger partial charge is 0.449 e. The monoisotopic (exact) mass is 498 g/mol. The highest BCUT2D eigenvalue weighted by Gasteiger charge is 2.30. The molecule has 2 N–H and O–H groups in total. The summed E-state index contributed by atoms with van der Waals surface area (Å²) < 4.78 is 33.0. The Morgan fingerprint density at radius 1 is 0.811 bits per heavy atom. The van der Waals surface area contributed by atoms with Crippen molar-refractivity contribution in [2.45, 2.75) is 18.4 Å². The summed E-state index contributed by atoms with van der Waals surface area (Å²) in [5, 5.41) is 5.05. The van der Waals surface area contributed by atoms with Crippen molar-refractivity contribution in [2.24, 2.45) is 0 Å². The van der Waals surface area contributed by atoms with Crippen LogP contribution >= 0.6 is 0 Å². The van der Waals surface area contributed by atoms with E-state index in [0.29, 0.717) is 6.07 Å². The standard InChI is InChI=1S/C30H24F2N2O3/c31-20-14-15-27(26(32)17-20)33-29(35)28(16-19-8-2-1-3-9-19)34-30(36)37-18-25-23-12-6-4-10-21(23)22-11-5-7-13-24(22)25/h1-15,17,25,28H,16,18H2,(H,33,35)(H,34,36). The maximum Gasteiger partial charge on any atom is 0.407 e. The zero-order chi connectivity index (χ0) is 25.8. The SMILES string of the molecule is O=C(NC(Cc1ccccc1)C(=O)Nc1ccc(F)cc1F)OCC1c2ccccc2-c2ccccc21. The van der Waals surface area contributed by atoms with Gasteiger partial charge in [0.1, 0.15) is 24.3 Å². The Balaban J connectivity index is 1.30. The summed E-state index contributed by atoms with van der Waals surface area (Å²) in [5.74, 6) is -2.45. The van der Waals surface area contributed by atoms with Crippen LogP contribution in [-0.2, 0) is 16.0 Å². The Morgan fingerprint density at radius 3 is 2.08 bits per heavy atom. The second kappa shape index (κ2) is 10.6. The van der Waals surface area contributed by atoms with Crippen LogP contribution in [-0.4, -0.2) is 24.6 Å². The molecular weight excluding hydrogens is 474 g/mol. The molecule has 5 nitrogen and oxygen atoms in total. The van der Waals surface area contributed by atoms with Gasteiger partial charge >= 0.3 is 6.09 Å². The van der Waals surface area contributed by atoms with Crippen LogP contribution in [0.15, 0.2) is 97.1 Å². The van der Waals surface area contributed by atoms with E-state index in [0.717, 1.165) is 39.9 Å². The first-order valence-corrected chi connectivity index (χ1v) is 11.9. The molecule has 0 radical (unpaired) electrons. The highest BCUT2D eigenvalue weighted by Crippen LogP contribution is 2.44. The quantitative estimate of drug-likeness (QED) is 0.326. The Morgan fingerprint density at radius 2 is 1.43 bits per heavy atom.